The van der Waals surface area contributed by atoms with Crippen molar-refractivity contribution in [3.05, 3.63) is 34.1 Å². The molecule has 0 atom stereocenters. The molecule has 84 valence electrons. The number of halogens is 2. The fourth-order valence-corrected chi connectivity index (χ4v) is 2.22. The van der Waals surface area contributed by atoms with Crippen LogP contribution in [0.4, 0.5) is 10.2 Å². The highest BCUT2D eigenvalue weighted by atomic mass is 79.9. The Balaban J connectivity index is 2.69. The normalized spacial score (nSPS) is 10.8. The molecule has 1 heterocycles. The van der Waals surface area contributed by atoms with Crippen LogP contribution in [0.25, 0.3) is 10.9 Å². The number of anilines is 1. The summed E-state index contributed by atoms with van der Waals surface area (Å²) in [5.74, 6) is 0.524. The molecular formula is C12H12BrFN2. The van der Waals surface area contributed by atoms with Crippen LogP contribution in [0, 0.1) is 12.7 Å². The molecule has 0 radical (unpaired) electrons. The Labute approximate surface area is 102 Å². The molecule has 0 amide bonds. The monoisotopic (exact) mass is 282 g/mol. The average molecular weight is 283 g/mol. The third kappa shape index (κ3) is 1.89. The highest BCUT2D eigenvalue weighted by Gasteiger charge is 2.09. The molecule has 1 aromatic carbocycles. The maximum atomic E-state index is 13.8. The lowest BCUT2D eigenvalue weighted by Gasteiger charge is -2.08. The molecule has 2 rings (SSSR count). The van der Waals surface area contributed by atoms with Crippen LogP contribution in [0.5, 0.6) is 0 Å². The van der Waals surface area contributed by atoms with Crippen molar-refractivity contribution in [1.29, 1.82) is 0 Å². The smallest absolute Gasteiger partial charge is 0.146 e. The van der Waals surface area contributed by atoms with E-state index in [9.17, 15) is 4.39 Å². The zero-order valence-electron chi connectivity index (χ0n) is 9.14. The third-order valence-corrected chi connectivity index (χ3v) is 2.99. The van der Waals surface area contributed by atoms with Gasteiger partial charge in [-0.1, -0.05) is 0 Å². The maximum absolute atomic E-state index is 13.8. The van der Waals surface area contributed by atoms with Crippen LogP contribution in [-0.2, 0) is 0 Å². The summed E-state index contributed by atoms with van der Waals surface area (Å²) < 4.78 is 14.3. The van der Waals surface area contributed by atoms with Crippen molar-refractivity contribution in [2.24, 2.45) is 0 Å². The summed E-state index contributed by atoms with van der Waals surface area (Å²) in [7, 11) is 0. The van der Waals surface area contributed by atoms with Crippen molar-refractivity contribution in [2.45, 2.75) is 13.8 Å². The summed E-state index contributed by atoms with van der Waals surface area (Å²) in [6.45, 7) is 4.73. The van der Waals surface area contributed by atoms with E-state index in [0.717, 1.165) is 17.9 Å². The van der Waals surface area contributed by atoms with Crippen molar-refractivity contribution in [3.63, 3.8) is 0 Å². The Hall–Kier alpha value is -1.16. The van der Waals surface area contributed by atoms with E-state index < -0.39 is 0 Å². The molecule has 2 nitrogen and oxygen atoms in total. The Morgan fingerprint density at radius 1 is 1.44 bits per heavy atom. The minimum atomic E-state index is -0.254. The molecule has 1 aromatic heterocycles. The number of benzene rings is 1. The highest BCUT2D eigenvalue weighted by molar-refractivity contribution is 9.10. The topological polar surface area (TPSA) is 24.9 Å². The molecule has 0 saturated heterocycles. The molecule has 0 bridgehead atoms. The second-order valence-electron chi connectivity index (χ2n) is 3.61. The van der Waals surface area contributed by atoms with Gasteiger partial charge in [0, 0.05) is 11.9 Å². The van der Waals surface area contributed by atoms with Gasteiger partial charge >= 0.3 is 0 Å². The molecule has 1 N–H and O–H groups in total. The lowest BCUT2D eigenvalue weighted by Crippen LogP contribution is -2.00. The first kappa shape index (κ1) is 11.3. The van der Waals surface area contributed by atoms with E-state index in [1.165, 1.54) is 0 Å². The summed E-state index contributed by atoms with van der Waals surface area (Å²) in [6, 6.07) is 5.30. The van der Waals surface area contributed by atoms with Gasteiger partial charge in [-0.05, 0) is 53.5 Å². The standard InChI is InChI=1S/C12H12BrFN2/c1-3-15-10-5-4-8-11(14)9(13)6-7(2)12(8)16-10/h4-6H,3H2,1-2H3,(H,15,16). The summed E-state index contributed by atoms with van der Waals surface area (Å²) in [6.07, 6.45) is 0. The number of rotatable bonds is 2. The van der Waals surface area contributed by atoms with Crippen LogP contribution in [0.15, 0.2) is 22.7 Å². The van der Waals surface area contributed by atoms with E-state index >= 15 is 0 Å². The number of nitrogens with one attached hydrogen (secondary N) is 1. The molecule has 0 saturated carbocycles. The third-order valence-electron chi connectivity index (χ3n) is 2.42. The summed E-state index contributed by atoms with van der Waals surface area (Å²) in [5.41, 5.74) is 1.67. The van der Waals surface area contributed by atoms with E-state index in [1.807, 2.05) is 13.8 Å². The highest BCUT2D eigenvalue weighted by Crippen LogP contribution is 2.27. The van der Waals surface area contributed by atoms with E-state index in [1.54, 1.807) is 18.2 Å². The van der Waals surface area contributed by atoms with E-state index in [2.05, 4.69) is 26.2 Å². The molecule has 0 aliphatic carbocycles. The first-order chi connectivity index (χ1) is 7.63. The van der Waals surface area contributed by atoms with Gasteiger partial charge in [-0.3, -0.25) is 0 Å². The van der Waals surface area contributed by atoms with Gasteiger partial charge in [0.2, 0.25) is 0 Å². The van der Waals surface area contributed by atoms with Crippen molar-refractivity contribution >= 4 is 32.7 Å². The second-order valence-corrected chi connectivity index (χ2v) is 4.47. The summed E-state index contributed by atoms with van der Waals surface area (Å²) >= 11 is 3.20. The van der Waals surface area contributed by atoms with Gasteiger partial charge in [0.15, 0.2) is 0 Å². The van der Waals surface area contributed by atoms with Gasteiger partial charge in [0.25, 0.3) is 0 Å². The Bertz CT molecular complexity index is 540. The second kappa shape index (κ2) is 4.37. The first-order valence-electron chi connectivity index (χ1n) is 5.12. The number of hydrogen-bond donors (Lipinski definition) is 1. The van der Waals surface area contributed by atoms with Crippen LogP contribution >= 0.6 is 15.9 Å². The molecule has 0 spiro atoms. The fourth-order valence-electron chi connectivity index (χ4n) is 1.67. The minimum absolute atomic E-state index is 0.254. The fraction of sp³-hybridized carbons (Fsp3) is 0.250. The van der Waals surface area contributed by atoms with E-state index in [4.69, 9.17) is 0 Å². The van der Waals surface area contributed by atoms with Crippen LogP contribution in [-0.4, -0.2) is 11.5 Å². The first-order valence-corrected chi connectivity index (χ1v) is 5.92. The summed E-state index contributed by atoms with van der Waals surface area (Å²) in [5, 5.41) is 3.67. The molecule has 0 unspecified atom stereocenters. The van der Waals surface area contributed by atoms with Gasteiger partial charge in [0.05, 0.1) is 9.99 Å². The van der Waals surface area contributed by atoms with Crippen LogP contribution in [0.2, 0.25) is 0 Å². The zero-order valence-corrected chi connectivity index (χ0v) is 10.7. The molecule has 0 fully saturated rings. The molecule has 0 aliphatic heterocycles. The van der Waals surface area contributed by atoms with Crippen molar-refractivity contribution in [3.8, 4) is 0 Å². The van der Waals surface area contributed by atoms with Gasteiger partial charge in [-0.2, -0.15) is 0 Å². The molecular weight excluding hydrogens is 271 g/mol. The van der Waals surface area contributed by atoms with Crippen LogP contribution in [0.1, 0.15) is 12.5 Å². The van der Waals surface area contributed by atoms with Gasteiger partial charge < -0.3 is 5.32 Å². The quantitative estimate of drug-likeness (QED) is 0.904. The Kier molecular flexibility index (Phi) is 3.10. The maximum Gasteiger partial charge on any atom is 0.146 e. The average Bonchev–Trinajstić information content (AvgIpc) is 2.27. The molecule has 16 heavy (non-hydrogen) atoms. The Morgan fingerprint density at radius 2 is 2.19 bits per heavy atom. The number of aromatic nitrogens is 1. The van der Waals surface area contributed by atoms with Gasteiger partial charge in [-0.25, -0.2) is 9.37 Å². The lowest BCUT2D eigenvalue weighted by molar-refractivity contribution is 0.632. The van der Waals surface area contributed by atoms with Gasteiger partial charge in [-0.15, -0.1) is 0 Å². The minimum Gasteiger partial charge on any atom is -0.370 e. The number of hydrogen-bond acceptors (Lipinski definition) is 2. The lowest BCUT2D eigenvalue weighted by atomic mass is 10.1. The van der Waals surface area contributed by atoms with Crippen LogP contribution < -0.4 is 5.32 Å². The van der Waals surface area contributed by atoms with Crippen molar-refractivity contribution in [1.82, 2.24) is 4.98 Å². The number of pyridine rings is 1. The van der Waals surface area contributed by atoms with Crippen molar-refractivity contribution in [2.75, 3.05) is 11.9 Å². The molecule has 0 aliphatic rings. The Morgan fingerprint density at radius 3 is 2.88 bits per heavy atom. The largest absolute Gasteiger partial charge is 0.370 e. The SMILES string of the molecule is CCNc1ccc2c(F)c(Br)cc(C)c2n1. The number of nitrogens with zero attached hydrogens (tertiary/aromatic N) is 1. The van der Waals surface area contributed by atoms with Crippen LogP contribution in [0.3, 0.4) is 0 Å². The molecule has 2 aromatic rings. The van der Waals surface area contributed by atoms with Gasteiger partial charge in [0.1, 0.15) is 11.6 Å². The molecule has 4 heteroatoms. The predicted molar refractivity (Wildman–Crippen MR) is 68.3 cm³/mol. The predicted octanol–water partition coefficient (Wildman–Crippen LogP) is 3.88. The number of fused-ring (bicyclic) bond motifs is 1. The van der Waals surface area contributed by atoms with Crippen molar-refractivity contribution < 1.29 is 4.39 Å². The summed E-state index contributed by atoms with van der Waals surface area (Å²) in [4.78, 5) is 4.39. The zero-order chi connectivity index (χ0) is 11.7. The van der Waals surface area contributed by atoms with E-state index in [0.29, 0.717) is 15.4 Å². The van der Waals surface area contributed by atoms with E-state index in [-0.39, 0.29) is 5.82 Å². The number of aryl methyl sites for hydroxylation is 1.